The van der Waals surface area contributed by atoms with Crippen molar-refractivity contribution in [3.05, 3.63) is 64.4 Å². The first-order valence-corrected chi connectivity index (χ1v) is 6.54. The minimum Gasteiger partial charge on any atom is -0.378 e. The van der Waals surface area contributed by atoms with Gasteiger partial charge < -0.3 is 5.32 Å². The highest BCUT2D eigenvalue weighted by molar-refractivity contribution is 6.30. The summed E-state index contributed by atoms with van der Waals surface area (Å²) in [6.07, 6.45) is -4.50. The van der Waals surface area contributed by atoms with Crippen LogP contribution in [0.1, 0.15) is 24.1 Å². The molecule has 0 saturated carbocycles. The standard InChI is InChI=1S/C15H12ClF4N/c1-9(10-2-5-12(17)6-3-10)21-14-7-4-11(16)8-13(14)15(18,19)20/h2-9,21H,1H3. The van der Waals surface area contributed by atoms with E-state index in [1.165, 1.54) is 36.4 Å². The Hall–Kier alpha value is -1.75. The zero-order chi connectivity index (χ0) is 15.6. The van der Waals surface area contributed by atoms with Crippen LogP contribution in [-0.4, -0.2) is 0 Å². The van der Waals surface area contributed by atoms with Crippen LogP contribution in [-0.2, 0) is 6.18 Å². The fourth-order valence-corrected chi connectivity index (χ4v) is 2.12. The summed E-state index contributed by atoms with van der Waals surface area (Å²) >= 11 is 5.62. The normalized spacial score (nSPS) is 13.0. The maximum absolute atomic E-state index is 13.0. The van der Waals surface area contributed by atoms with E-state index in [-0.39, 0.29) is 10.7 Å². The Labute approximate surface area is 124 Å². The van der Waals surface area contributed by atoms with Crippen molar-refractivity contribution in [2.24, 2.45) is 0 Å². The zero-order valence-corrected chi connectivity index (χ0v) is 11.8. The maximum atomic E-state index is 13.0. The molecule has 112 valence electrons. The molecular weight excluding hydrogens is 306 g/mol. The van der Waals surface area contributed by atoms with Gasteiger partial charge in [0.25, 0.3) is 0 Å². The third-order valence-corrected chi connectivity index (χ3v) is 3.26. The van der Waals surface area contributed by atoms with Gasteiger partial charge in [-0.25, -0.2) is 4.39 Å². The van der Waals surface area contributed by atoms with Crippen molar-refractivity contribution in [1.82, 2.24) is 0 Å². The van der Waals surface area contributed by atoms with Crippen LogP contribution in [0.5, 0.6) is 0 Å². The van der Waals surface area contributed by atoms with Gasteiger partial charge in [-0.05, 0) is 42.8 Å². The molecule has 0 heterocycles. The molecule has 2 aromatic rings. The van der Waals surface area contributed by atoms with E-state index in [9.17, 15) is 17.6 Å². The van der Waals surface area contributed by atoms with E-state index in [0.29, 0.717) is 5.56 Å². The van der Waals surface area contributed by atoms with Crippen LogP contribution in [0, 0.1) is 5.82 Å². The number of hydrogen-bond acceptors (Lipinski definition) is 1. The second-order valence-electron chi connectivity index (χ2n) is 4.61. The highest BCUT2D eigenvalue weighted by Crippen LogP contribution is 2.37. The highest BCUT2D eigenvalue weighted by atomic mass is 35.5. The summed E-state index contributed by atoms with van der Waals surface area (Å²) in [6.45, 7) is 1.70. The molecule has 0 spiro atoms. The summed E-state index contributed by atoms with van der Waals surface area (Å²) in [5.74, 6) is -0.395. The minimum atomic E-state index is -4.50. The van der Waals surface area contributed by atoms with Crippen LogP contribution in [0.4, 0.5) is 23.2 Å². The molecule has 21 heavy (non-hydrogen) atoms. The molecule has 0 saturated heterocycles. The first kappa shape index (κ1) is 15.6. The predicted molar refractivity (Wildman–Crippen MR) is 74.9 cm³/mol. The van der Waals surface area contributed by atoms with Gasteiger partial charge in [-0.2, -0.15) is 13.2 Å². The van der Waals surface area contributed by atoms with Crippen LogP contribution in [0.25, 0.3) is 0 Å². The quantitative estimate of drug-likeness (QED) is 0.719. The Morgan fingerprint density at radius 1 is 1.05 bits per heavy atom. The Morgan fingerprint density at radius 2 is 1.67 bits per heavy atom. The van der Waals surface area contributed by atoms with E-state index < -0.39 is 23.6 Å². The zero-order valence-electron chi connectivity index (χ0n) is 11.0. The summed E-state index contributed by atoms with van der Waals surface area (Å²) in [7, 11) is 0. The molecule has 2 aromatic carbocycles. The van der Waals surface area contributed by atoms with Crippen molar-refractivity contribution in [3.8, 4) is 0 Å². The number of anilines is 1. The molecule has 1 nitrogen and oxygen atoms in total. The van der Waals surface area contributed by atoms with Gasteiger partial charge in [-0.3, -0.25) is 0 Å². The van der Waals surface area contributed by atoms with Crippen LogP contribution in [0.2, 0.25) is 5.02 Å². The van der Waals surface area contributed by atoms with Gasteiger partial charge in [0.2, 0.25) is 0 Å². The number of rotatable bonds is 3. The fourth-order valence-electron chi connectivity index (χ4n) is 1.94. The van der Waals surface area contributed by atoms with E-state index >= 15 is 0 Å². The lowest BCUT2D eigenvalue weighted by molar-refractivity contribution is -0.137. The lowest BCUT2D eigenvalue weighted by atomic mass is 10.1. The van der Waals surface area contributed by atoms with Gasteiger partial charge in [-0.1, -0.05) is 23.7 Å². The van der Waals surface area contributed by atoms with Crippen molar-refractivity contribution in [2.75, 3.05) is 5.32 Å². The van der Waals surface area contributed by atoms with Gasteiger partial charge in [0.1, 0.15) is 5.82 Å². The SMILES string of the molecule is CC(Nc1ccc(Cl)cc1C(F)(F)F)c1ccc(F)cc1. The van der Waals surface area contributed by atoms with Crippen molar-refractivity contribution < 1.29 is 17.6 Å². The fraction of sp³-hybridized carbons (Fsp3) is 0.200. The molecule has 0 fully saturated rings. The largest absolute Gasteiger partial charge is 0.418 e. The average molecular weight is 318 g/mol. The van der Waals surface area contributed by atoms with Gasteiger partial charge in [0, 0.05) is 16.8 Å². The van der Waals surface area contributed by atoms with Gasteiger partial charge >= 0.3 is 6.18 Å². The van der Waals surface area contributed by atoms with E-state index in [4.69, 9.17) is 11.6 Å². The second kappa shape index (κ2) is 5.93. The third kappa shape index (κ3) is 3.88. The van der Waals surface area contributed by atoms with Crippen molar-refractivity contribution in [1.29, 1.82) is 0 Å². The van der Waals surface area contributed by atoms with Crippen molar-refractivity contribution in [2.45, 2.75) is 19.1 Å². The van der Waals surface area contributed by atoms with Gasteiger partial charge in [0.05, 0.1) is 5.56 Å². The highest BCUT2D eigenvalue weighted by Gasteiger charge is 2.34. The number of hydrogen-bond donors (Lipinski definition) is 1. The van der Waals surface area contributed by atoms with E-state index in [1.54, 1.807) is 6.92 Å². The minimum absolute atomic E-state index is 0.0160. The van der Waals surface area contributed by atoms with E-state index in [0.717, 1.165) is 6.07 Å². The topological polar surface area (TPSA) is 12.0 Å². The molecule has 6 heteroatoms. The molecule has 0 aliphatic heterocycles. The molecule has 0 bridgehead atoms. The summed E-state index contributed by atoms with van der Waals surface area (Å²) in [4.78, 5) is 0. The molecule has 0 aromatic heterocycles. The number of halogens is 5. The smallest absolute Gasteiger partial charge is 0.378 e. The molecular formula is C15H12ClF4N. The Kier molecular flexibility index (Phi) is 4.42. The summed E-state index contributed by atoms with van der Waals surface area (Å²) < 4.78 is 51.8. The molecule has 1 N–H and O–H groups in total. The molecule has 0 aliphatic rings. The number of nitrogens with one attached hydrogen (secondary N) is 1. The average Bonchev–Trinajstić information content (AvgIpc) is 2.40. The molecule has 1 unspecified atom stereocenters. The third-order valence-electron chi connectivity index (χ3n) is 3.03. The van der Waals surface area contributed by atoms with Crippen LogP contribution in [0.3, 0.4) is 0 Å². The lowest BCUT2D eigenvalue weighted by Gasteiger charge is -2.20. The van der Waals surface area contributed by atoms with Crippen molar-refractivity contribution >= 4 is 17.3 Å². The van der Waals surface area contributed by atoms with Crippen LogP contribution in [0.15, 0.2) is 42.5 Å². The van der Waals surface area contributed by atoms with E-state index in [2.05, 4.69) is 5.32 Å². The first-order chi connectivity index (χ1) is 9.77. The number of alkyl halides is 3. The Bertz CT molecular complexity index is 623. The van der Waals surface area contributed by atoms with Crippen LogP contribution < -0.4 is 5.32 Å². The first-order valence-electron chi connectivity index (χ1n) is 6.16. The van der Waals surface area contributed by atoms with Crippen LogP contribution >= 0.6 is 11.6 Å². The molecule has 1 atom stereocenters. The van der Waals surface area contributed by atoms with Crippen molar-refractivity contribution in [3.63, 3.8) is 0 Å². The molecule has 0 radical (unpaired) electrons. The maximum Gasteiger partial charge on any atom is 0.418 e. The van der Waals surface area contributed by atoms with E-state index in [1.807, 2.05) is 0 Å². The predicted octanol–water partition coefficient (Wildman–Crippen LogP) is 5.67. The Morgan fingerprint density at radius 3 is 2.24 bits per heavy atom. The monoisotopic (exact) mass is 317 g/mol. The number of benzene rings is 2. The second-order valence-corrected chi connectivity index (χ2v) is 5.04. The Balaban J connectivity index is 2.29. The lowest BCUT2D eigenvalue weighted by Crippen LogP contribution is -2.13. The summed E-state index contributed by atoms with van der Waals surface area (Å²) in [6, 6.07) is 8.71. The summed E-state index contributed by atoms with van der Waals surface area (Å²) in [5.41, 5.74) is -0.216. The van der Waals surface area contributed by atoms with Gasteiger partial charge in [-0.15, -0.1) is 0 Å². The van der Waals surface area contributed by atoms with Gasteiger partial charge in [0.15, 0.2) is 0 Å². The summed E-state index contributed by atoms with van der Waals surface area (Å²) in [5, 5.41) is 2.79. The molecule has 2 rings (SSSR count). The molecule has 0 aliphatic carbocycles. The molecule has 0 amide bonds.